The standard InChI is InChI=1S/C16H26O2/c1-7-13-8-10-14(11-9-13)18-16(5,6)12-17-15(2,3)4/h8-11H,7,12H2,1-6H3. The summed E-state index contributed by atoms with van der Waals surface area (Å²) in [4.78, 5) is 0. The summed E-state index contributed by atoms with van der Waals surface area (Å²) in [6, 6.07) is 8.27. The third kappa shape index (κ3) is 5.54. The Morgan fingerprint density at radius 3 is 1.94 bits per heavy atom. The van der Waals surface area contributed by atoms with E-state index in [0.717, 1.165) is 12.2 Å². The SMILES string of the molecule is CCc1ccc(OC(C)(C)COC(C)(C)C)cc1. The van der Waals surface area contributed by atoms with Gasteiger partial charge in [-0.05, 0) is 58.7 Å². The second-order valence-electron chi connectivity index (χ2n) is 6.26. The summed E-state index contributed by atoms with van der Waals surface area (Å²) in [5.41, 5.74) is 0.874. The Bertz CT molecular complexity index is 358. The zero-order chi connectivity index (χ0) is 13.8. The van der Waals surface area contributed by atoms with Crippen LogP contribution >= 0.6 is 0 Å². The number of benzene rings is 1. The average Bonchev–Trinajstić information content (AvgIpc) is 2.26. The number of rotatable bonds is 5. The minimum absolute atomic E-state index is 0.132. The number of aryl methyl sites for hydroxylation is 1. The molecule has 0 heterocycles. The van der Waals surface area contributed by atoms with Crippen LogP contribution in [0.2, 0.25) is 0 Å². The minimum atomic E-state index is -0.318. The molecule has 102 valence electrons. The molecule has 0 unspecified atom stereocenters. The first-order valence-corrected chi connectivity index (χ1v) is 6.64. The topological polar surface area (TPSA) is 18.5 Å². The molecule has 0 N–H and O–H groups in total. The summed E-state index contributed by atoms with van der Waals surface area (Å²) in [7, 11) is 0. The number of ether oxygens (including phenoxy) is 2. The van der Waals surface area contributed by atoms with E-state index in [2.05, 4.69) is 39.8 Å². The van der Waals surface area contributed by atoms with Gasteiger partial charge in [0.1, 0.15) is 11.4 Å². The quantitative estimate of drug-likeness (QED) is 0.779. The molecule has 0 fully saturated rings. The third-order valence-electron chi connectivity index (χ3n) is 2.58. The molecule has 1 rings (SSSR count). The molecular formula is C16H26O2. The molecule has 0 saturated heterocycles. The third-order valence-corrected chi connectivity index (χ3v) is 2.58. The molecule has 18 heavy (non-hydrogen) atoms. The van der Waals surface area contributed by atoms with Crippen LogP contribution in [0.3, 0.4) is 0 Å². The van der Waals surface area contributed by atoms with Crippen LogP contribution in [0.1, 0.15) is 47.1 Å². The van der Waals surface area contributed by atoms with Crippen LogP contribution in [0.5, 0.6) is 5.75 Å². The summed E-state index contributed by atoms with van der Waals surface area (Å²) in [6.07, 6.45) is 1.05. The maximum atomic E-state index is 5.97. The van der Waals surface area contributed by atoms with Gasteiger partial charge in [0.2, 0.25) is 0 Å². The normalized spacial score (nSPS) is 12.6. The summed E-state index contributed by atoms with van der Waals surface area (Å²) in [6.45, 7) is 13.0. The molecule has 0 spiro atoms. The van der Waals surface area contributed by atoms with Crippen molar-refractivity contribution in [3.8, 4) is 5.75 Å². The Morgan fingerprint density at radius 1 is 0.944 bits per heavy atom. The highest BCUT2D eigenvalue weighted by molar-refractivity contribution is 5.27. The molecule has 0 bridgehead atoms. The van der Waals surface area contributed by atoms with Gasteiger partial charge in [-0.1, -0.05) is 19.1 Å². The number of hydrogen-bond donors (Lipinski definition) is 0. The fraction of sp³-hybridized carbons (Fsp3) is 0.625. The van der Waals surface area contributed by atoms with Gasteiger partial charge in [0.05, 0.1) is 12.2 Å². The van der Waals surface area contributed by atoms with Crippen molar-refractivity contribution in [2.45, 2.75) is 59.2 Å². The second kappa shape index (κ2) is 5.75. The van der Waals surface area contributed by atoms with E-state index in [0.29, 0.717) is 6.61 Å². The van der Waals surface area contributed by atoms with Crippen LogP contribution in [0.4, 0.5) is 0 Å². The van der Waals surface area contributed by atoms with E-state index >= 15 is 0 Å². The molecule has 0 aliphatic rings. The first-order valence-electron chi connectivity index (χ1n) is 6.64. The van der Waals surface area contributed by atoms with E-state index in [1.807, 2.05) is 26.0 Å². The van der Waals surface area contributed by atoms with Gasteiger partial charge in [-0.3, -0.25) is 0 Å². The highest BCUT2D eigenvalue weighted by Gasteiger charge is 2.23. The van der Waals surface area contributed by atoms with Crippen molar-refractivity contribution in [3.05, 3.63) is 29.8 Å². The van der Waals surface area contributed by atoms with Crippen LogP contribution in [0.25, 0.3) is 0 Å². The van der Waals surface area contributed by atoms with Crippen molar-refractivity contribution in [1.82, 2.24) is 0 Å². The largest absolute Gasteiger partial charge is 0.485 e. The molecule has 0 aromatic heterocycles. The van der Waals surface area contributed by atoms with Gasteiger partial charge >= 0.3 is 0 Å². The molecular weight excluding hydrogens is 224 g/mol. The molecule has 0 atom stereocenters. The van der Waals surface area contributed by atoms with Crippen molar-refractivity contribution in [2.24, 2.45) is 0 Å². The lowest BCUT2D eigenvalue weighted by atomic mass is 10.1. The molecule has 1 aromatic rings. The van der Waals surface area contributed by atoms with Gasteiger partial charge in [0.25, 0.3) is 0 Å². The molecule has 0 aliphatic carbocycles. The summed E-state index contributed by atoms with van der Waals surface area (Å²) in [5, 5.41) is 0. The van der Waals surface area contributed by atoms with E-state index in [1.54, 1.807) is 0 Å². The molecule has 0 radical (unpaired) electrons. The lowest BCUT2D eigenvalue weighted by Gasteiger charge is -2.30. The smallest absolute Gasteiger partial charge is 0.127 e. The van der Waals surface area contributed by atoms with Gasteiger partial charge in [0, 0.05) is 0 Å². The first-order chi connectivity index (χ1) is 8.22. The van der Waals surface area contributed by atoms with E-state index in [4.69, 9.17) is 9.47 Å². The van der Waals surface area contributed by atoms with Crippen molar-refractivity contribution in [1.29, 1.82) is 0 Å². The van der Waals surface area contributed by atoms with Gasteiger partial charge in [0.15, 0.2) is 0 Å². The molecule has 2 heteroatoms. The lowest BCUT2D eigenvalue weighted by molar-refractivity contribution is -0.0723. The highest BCUT2D eigenvalue weighted by Crippen LogP contribution is 2.21. The number of hydrogen-bond acceptors (Lipinski definition) is 2. The first kappa shape index (κ1) is 15.0. The van der Waals surface area contributed by atoms with Crippen molar-refractivity contribution >= 4 is 0 Å². The van der Waals surface area contributed by atoms with Gasteiger partial charge in [-0.2, -0.15) is 0 Å². The van der Waals surface area contributed by atoms with Gasteiger partial charge in [-0.15, -0.1) is 0 Å². The van der Waals surface area contributed by atoms with E-state index in [9.17, 15) is 0 Å². The van der Waals surface area contributed by atoms with Crippen molar-refractivity contribution in [2.75, 3.05) is 6.61 Å². The van der Waals surface area contributed by atoms with Crippen LogP contribution in [0, 0.1) is 0 Å². The second-order valence-corrected chi connectivity index (χ2v) is 6.26. The zero-order valence-corrected chi connectivity index (χ0v) is 12.5. The van der Waals surface area contributed by atoms with Crippen LogP contribution in [-0.4, -0.2) is 17.8 Å². The van der Waals surface area contributed by atoms with Crippen LogP contribution < -0.4 is 4.74 Å². The fourth-order valence-electron chi connectivity index (χ4n) is 1.53. The molecule has 0 amide bonds. The Kier molecular flexibility index (Phi) is 4.80. The molecule has 0 aliphatic heterocycles. The van der Waals surface area contributed by atoms with E-state index < -0.39 is 0 Å². The van der Waals surface area contributed by atoms with E-state index in [1.165, 1.54) is 5.56 Å². The monoisotopic (exact) mass is 250 g/mol. The van der Waals surface area contributed by atoms with Crippen LogP contribution in [0.15, 0.2) is 24.3 Å². The van der Waals surface area contributed by atoms with Crippen molar-refractivity contribution in [3.63, 3.8) is 0 Å². The average molecular weight is 250 g/mol. The maximum Gasteiger partial charge on any atom is 0.127 e. The molecule has 2 nitrogen and oxygen atoms in total. The predicted molar refractivity (Wildman–Crippen MR) is 76.2 cm³/mol. The Labute approximate surface area is 111 Å². The predicted octanol–water partition coefficient (Wildman–Crippen LogP) is 4.22. The molecule has 0 saturated carbocycles. The Hall–Kier alpha value is -1.02. The highest BCUT2D eigenvalue weighted by atomic mass is 16.6. The lowest BCUT2D eigenvalue weighted by Crippen LogP contribution is -2.37. The molecule has 1 aromatic carbocycles. The van der Waals surface area contributed by atoms with Crippen molar-refractivity contribution < 1.29 is 9.47 Å². The maximum absolute atomic E-state index is 5.97. The van der Waals surface area contributed by atoms with Gasteiger partial charge in [-0.25, -0.2) is 0 Å². The Balaban J connectivity index is 2.58. The summed E-state index contributed by atoms with van der Waals surface area (Å²) >= 11 is 0. The Morgan fingerprint density at radius 2 is 1.50 bits per heavy atom. The summed E-state index contributed by atoms with van der Waals surface area (Å²) < 4.78 is 11.8. The summed E-state index contributed by atoms with van der Waals surface area (Å²) in [5.74, 6) is 0.898. The van der Waals surface area contributed by atoms with E-state index in [-0.39, 0.29) is 11.2 Å². The van der Waals surface area contributed by atoms with Crippen LogP contribution in [-0.2, 0) is 11.2 Å². The van der Waals surface area contributed by atoms with Gasteiger partial charge < -0.3 is 9.47 Å². The minimum Gasteiger partial charge on any atom is -0.485 e. The zero-order valence-electron chi connectivity index (χ0n) is 12.5. The fourth-order valence-corrected chi connectivity index (χ4v) is 1.53.